The molecule has 2 aromatic rings. The lowest BCUT2D eigenvalue weighted by Gasteiger charge is -2.12. The van der Waals surface area contributed by atoms with E-state index >= 15 is 0 Å². The molecule has 0 amide bonds. The minimum absolute atomic E-state index is 0.993. The third-order valence-corrected chi connectivity index (χ3v) is 2.79. The van der Waals surface area contributed by atoms with Gasteiger partial charge in [-0.1, -0.05) is 6.07 Å². The van der Waals surface area contributed by atoms with Gasteiger partial charge in [-0.15, -0.1) is 0 Å². The maximum absolute atomic E-state index is 5.36. The van der Waals surface area contributed by atoms with E-state index < -0.39 is 0 Å². The Morgan fingerprint density at radius 1 is 1.31 bits per heavy atom. The van der Waals surface area contributed by atoms with E-state index in [2.05, 4.69) is 30.1 Å². The Balaban J connectivity index is 2.42. The van der Waals surface area contributed by atoms with Gasteiger partial charge in [0.05, 0.1) is 12.0 Å². The number of hydrogen-bond donors (Lipinski definition) is 0. The molecule has 0 unspecified atom stereocenters. The van der Waals surface area contributed by atoms with Crippen LogP contribution in [-0.2, 0) is 6.42 Å². The Bertz CT molecular complexity index is 458. The Labute approximate surface area is 76.8 Å². The Hall–Kier alpha value is -1.44. The lowest BCUT2D eigenvalue weighted by Crippen LogP contribution is -2.12. The summed E-state index contributed by atoms with van der Waals surface area (Å²) < 4.78 is 5.36. The second kappa shape index (κ2) is 2.28. The van der Waals surface area contributed by atoms with Crippen LogP contribution in [0.3, 0.4) is 0 Å². The van der Waals surface area contributed by atoms with Crippen LogP contribution in [0.4, 0.5) is 5.69 Å². The fourth-order valence-corrected chi connectivity index (χ4v) is 2.13. The maximum Gasteiger partial charge on any atom is 0.135 e. The first-order valence-corrected chi connectivity index (χ1v) is 4.56. The molecule has 1 aromatic heterocycles. The monoisotopic (exact) mass is 173 g/mol. The summed E-state index contributed by atoms with van der Waals surface area (Å²) in [6.45, 7) is 1.12. The van der Waals surface area contributed by atoms with Gasteiger partial charge in [-0.05, 0) is 24.1 Å². The number of furan rings is 1. The summed E-state index contributed by atoms with van der Waals surface area (Å²) >= 11 is 0. The molecule has 0 spiro atoms. The second-order valence-corrected chi connectivity index (χ2v) is 3.58. The zero-order chi connectivity index (χ0) is 8.84. The summed E-state index contributed by atoms with van der Waals surface area (Å²) in [6.07, 6.45) is 2.92. The molecule has 2 heteroatoms. The van der Waals surface area contributed by atoms with Crippen LogP contribution in [0.25, 0.3) is 11.0 Å². The van der Waals surface area contributed by atoms with Gasteiger partial charge in [0, 0.05) is 19.0 Å². The minimum Gasteiger partial charge on any atom is -0.464 e. The normalized spacial score (nSPS) is 15.3. The number of nitrogens with zero attached hydrogens (tertiary/aromatic N) is 1. The van der Waals surface area contributed by atoms with Gasteiger partial charge < -0.3 is 9.32 Å². The van der Waals surface area contributed by atoms with Gasteiger partial charge in [-0.25, -0.2) is 0 Å². The molecule has 1 aromatic carbocycles. The summed E-state index contributed by atoms with van der Waals surface area (Å²) in [7, 11) is 2.14. The van der Waals surface area contributed by atoms with E-state index in [1.54, 1.807) is 6.26 Å². The topological polar surface area (TPSA) is 16.4 Å². The SMILES string of the molecule is CN1CCc2ccc3occc3c21. The molecule has 0 radical (unpaired) electrons. The molecule has 2 nitrogen and oxygen atoms in total. The fourth-order valence-electron chi connectivity index (χ4n) is 2.13. The lowest BCUT2D eigenvalue weighted by atomic mass is 10.1. The first-order valence-electron chi connectivity index (χ1n) is 4.56. The van der Waals surface area contributed by atoms with E-state index in [1.807, 2.05) is 0 Å². The number of likely N-dealkylation sites (N-methyl/N-ethyl adjacent to an activating group) is 1. The van der Waals surface area contributed by atoms with Crippen molar-refractivity contribution in [2.75, 3.05) is 18.5 Å². The van der Waals surface area contributed by atoms with Gasteiger partial charge in [0.1, 0.15) is 5.58 Å². The van der Waals surface area contributed by atoms with Crippen LogP contribution in [0, 0.1) is 0 Å². The summed E-state index contributed by atoms with van der Waals surface area (Å²) in [6, 6.07) is 6.29. The predicted octanol–water partition coefficient (Wildman–Crippen LogP) is 2.43. The molecule has 1 aliphatic rings. The van der Waals surface area contributed by atoms with Crippen molar-refractivity contribution in [1.82, 2.24) is 0 Å². The highest BCUT2D eigenvalue weighted by molar-refractivity contribution is 5.93. The molecule has 0 bridgehead atoms. The first kappa shape index (κ1) is 7.01. The van der Waals surface area contributed by atoms with Gasteiger partial charge in [-0.3, -0.25) is 0 Å². The van der Waals surface area contributed by atoms with E-state index in [1.165, 1.54) is 16.6 Å². The molecule has 2 heterocycles. The van der Waals surface area contributed by atoms with Crippen molar-refractivity contribution in [2.24, 2.45) is 0 Å². The van der Waals surface area contributed by atoms with Crippen molar-refractivity contribution in [3.63, 3.8) is 0 Å². The fraction of sp³-hybridized carbons (Fsp3) is 0.273. The minimum atomic E-state index is 0.993. The van der Waals surface area contributed by atoms with Crippen LogP contribution >= 0.6 is 0 Å². The number of rotatable bonds is 0. The quantitative estimate of drug-likeness (QED) is 0.608. The number of fused-ring (bicyclic) bond motifs is 3. The van der Waals surface area contributed by atoms with E-state index in [0.717, 1.165) is 18.5 Å². The van der Waals surface area contributed by atoms with Crippen LogP contribution in [0.15, 0.2) is 28.9 Å². The van der Waals surface area contributed by atoms with Gasteiger partial charge >= 0.3 is 0 Å². The van der Waals surface area contributed by atoms with Crippen molar-refractivity contribution in [3.8, 4) is 0 Å². The molecule has 0 saturated carbocycles. The molecule has 0 saturated heterocycles. The smallest absolute Gasteiger partial charge is 0.135 e. The Kier molecular flexibility index (Phi) is 1.23. The van der Waals surface area contributed by atoms with Crippen LogP contribution < -0.4 is 4.90 Å². The Morgan fingerprint density at radius 2 is 2.23 bits per heavy atom. The molecular formula is C11H11NO. The highest BCUT2D eigenvalue weighted by Gasteiger charge is 2.18. The first-order chi connectivity index (χ1) is 6.36. The van der Waals surface area contributed by atoms with Gasteiger partial charge in [0.25, 0.3) is 0 Å². The van der Waals surface area contributed by atoms with Crippen LogP contribution in [0.1, 0.15) is 5.56 Å². The molecule has 13 heavy (non-hydrogen) atoms. The maximum atomic E-state index is 5.36. The molecular weight excluding hydrogens is 162 g/mol. The lowest BCUT2D eigenvalue weighted by molar-refractivity contribution is 0.616. The van der Waals surface area contributed by atoms with Crippen LogP contribution in [0.2, 0.25) is 0 Å². The summed E-state index contributed by atoms with van der Waals surface area (Å²) in [5, 5.41) is 1.25. The van der Waals surface area contributed by atoms with Crippen molar-refractivity contribution in [1.29, 1.82) is 0 Å². The zero-order valence-corrected chi connectivity index (χ0v) is 7.58. The van der Waals surface area contributed by atoms with Crippen molar-refractivity contribution in [2.45, 2.75) is 6.42 Å². The van der Waals surface area contributed by atoms with Gasteiger partial charge in [0.2, 0.25) is 0 Å². The van der Waals surface area contributed by atoms with E-state index in [-0.39, 0.29) is 0 Å². The van der Waals surface area contributed by atoms with E-state index in [0.29, 0.717) is 0 Å². The summed E-state index contributed by atoms with van der Waals surface area (Å²) in [5.41, 5.74) is 3.79. The third-order valence-electron chi connectivity index (χ3n) is 2.79. The van der Waals surface area contributed by atoms with Crippen molar-refractivity contribution >= 4 is 16.7 Å². The average Bonchev–Trinajstić information content (AvgIpc) is 2.70. The third kappa shape index (κ3) is 0.829. The van der Waals surface area contributed by atoms with E-state index in [4.69, 9.17) is 4.42 Å². The standard InChI is InChI=1S/C11H11NO/c1-12-6-4-8-2-3-10-9(11(8)12)5-7-13-10/h2-3,5,7H,4,6H2,1H3. The van der Waals surface area contributed by atoms with Gasteiger partial charge in [0.15, 0.2) is 0 Å². The number of benzene rings is 1. The summed E-state index contributed by atoms with van der Waals surface area (Å²) in [4.78, 5) is 2.30. The van der Waals surface area contributed by atoms with E-state index in [9.17, 15) is 0 Å². The van der Waals surface area contributed by atoms with Crippen molar-refractivity contribution < 1.29 is 4.42 Å². The second-order valence-electron chi connectivity index (χ2n) is 3.58. The number of anilines is 1. The molecule has 3 rings (SSSR count). The largest absolute Gasteiger partial charge is 0.464 e. The van der Waals surface area contributed by atoms with Gasteiger partial charge in [-0.2, -0.15) is 0 Å². The van der Waals surface area contributed by atoms with Crippen molar-refractivity contribution in [3.05, 3.63) is 30.0 Å². The molecule has 0 aliphatic carbocycles. The molecule has 0 atom stereocenters. The molecule has 66 valence electrons. The zero-order valence-electron chi connectivity index (χ0n) is 7.58. The Morgan fingerprint density at radius 3 is 3.15 bits per heavy atom. The van der Waals surface area contributed by atoms with Crippen LogP contribution in [-0.4, -0.2) is 13.6 Å². The molecule has 1 aliphatic heterocycles. The van der Waals surface area contributed by atoms with Crippen LogP contribution in [0.5, 0.6) is 0 Å². The highest BCUT2D eigenvalue weighted by atomic mass is 16.3. The molecule has 0 fully saturated rings. The average molecular weight is 173 g/mol. The summed E-state index contributed by atoms with van der Waals surface area (Å²) in [5.74, 6) is 0. The highest BCUT2D eigenvalue weighted by Crippen LogP contribution is 2.34. The number of hydrogen-bond acceptors (Lipinski definition) is 2. The molecule has 0 N–H and O–H groups in total. The predicted molar refractivity (Wildman–Crippen MR) is 53.2 cm³/mol.